The Bertz CT molecular complexity index is 414. The molecule has 1 N–H and O–H groups in total. The lowest BCUT2D eigenvalue weighted by Crippen LogP contribution is -2.22. The molecular weight excluding hydrogens is 226 g/mol. The van der Waals surface area contributed by atoms with Crippen LogP contribution < -0.4 is 0 Å². The van der Waals surface area contributed by atoms with Gasteiger partial charge in [0, 0.05) is 6.54 Å². The number of allylic oxidation sites excluding steroid dienone is 1. The number of likely N-dealkylation sites (N-methyl/N-ethyl adjacent to an activating group) is 1. The number of carbonyl (C=O) groups is 1. The Hall–Kier alpha value is -1.61. The van der Waals surface area contributed by atoms with Crippen molar-refractivity contribution in [2.75, 3.05) is 19.6 Å². The molecule has 0 spiro atoms. The molecule has 0 radical (unpaired) electrons. The molecule has 0 unspecified atom stereocenters. The van der Waals surface area contributed by atoms with Gasteiger partial charge in [0.15, 0.2) is 5.78 Å². The lowest BCUT2D eigenvalue weighted by Gasteiger charge is -2.14. The Morgan fingerprint density at radius 3 is 2.56 bits per heavy atom. The zero-order valence-electron chi connectivity index (χ0n) is 11.3. The molecule has 1 aromatic carbocycles. The van der Waals surface area contributed by atoms with E-state index in [4.69, 9.17) is 0 Å². The highest BCUT2D eigenvalue weighted by atomic mass is 16.3. The number of rotatable bonds is 6. The van der Waals surface area contributed by atoms with Gasteiger partial charge in [-0.05, 0) is 37.7 Å². The summed E-state index contributed by atoms with van der Waals surface area (Å²) in [5, 5.41) is 9.70. The first-order valence-corrected chi connectivity index (χ1v) is 6.31. The second-order valence-electron chi connectivity index (χ2n) is 4.22. The molecule has 1 aromatic rings. The van der Waals surface area contributed by atoms with E-state index in [2.05, 4.69) is 18.7 Å². The molecule has 3 heteroatoms. The first-order chi connectivity index (χ1) is 8.60. The van der Waals surface area contributed by atoms with Crippen LogP contribution in [0.3, 0.4) is 0 Å². The fourth-order valence-electron chi connectivity index (χ4n) is 1.85. The Morgan fingerprint density at radius 2 is 2.00 bits per heavy atom. The molecule has 0 aliphatic carbocycles. The van der Waals surface area contributed by atoms with Gasteiger partial charge in [0.05, 0.1) is 5.56 Å². The van der Waals surface area contributed by atoms with Gasteiger partial charge in [-0.25, -0.2) is 0 Å². The smallest absolute Gasteiger partial charge is 0.189 e. The third-order valence-electron chi connectivity index (χ3n) is 3.02. The van der Waals surface area contributed by atoms with Crippen LogP contribution in [0.4, 0.5) is 0 Å². The molecular formula is C15H21NO2. The first-order valence-electron chi connectivity index (χ1n) is 6.31. The van der Waals surface area contributed by atoms with Gasteiger partial charge in [0.2, 0.25) is 0 Å². The van der Waals surface area contributed by atoms with Crippen molar-refractivity contribution in [3.05, 3.63) is 41.5 Å². The summed E-state index contributed by atoms with van der Waals surface area (Å²) in [5.74, 6) is -0.0924. The monoisotopic (exact) mass is 247 g/mol. The second kappa shape index (κ2) is 6.97. The highest BCUT2D eigenvalue weighted by Gasteiger charge is 2.10. The minimum atomic E-state index is -0.141. The summed E-state index contributed by atoms with van der Waals surface area (Å²) >= 11 is 0. The van der Waals surface area contributed by atoms with Crippen LogP contribution in [0.15, 0.2) is 30.4 Å². The van der Waals surface area contributed by atoms with Crippen LogP contribution in [-0.4, -0.2) is 35.4 Å². The number of hydrogen-bond acceptors (Lipinski definition) is 3. The number of hydrogen-bond donors (Lipinski definition) is 1. The molecule has 0 aliphatic heterocycles. The first kappa shape index (κ1) is 14.5. The molecule has 0 saturated heterocycles. The molecule has 0 atom stereocenters. The lowest BCUT2D eigenvalue weighted by atomic mass is 10.0. The van der Waals surface area contributed by atoms with Gasteiger partial charge in [0.25, 0.3) is 0 Å². The molecule has 0 fully saturated rings. The van der Waals surface area contributed by atoms with Gasteiger partial charge >= 0.3 is 0 Å². The van der Waals surface area contributed by atoms with Crippen LogP contribution in [0.2, 0.25) is 0 Å². The lowest BCUT2D eigenvalue weighted by molar-refractivity contribution is 0.104. The largest absolute Gasteiger partial charge is 0.507 e. The predicted molar refractivity (Wildman–Crippen MR) is 74.1 cm³/mol. The van der Waals surface area contributed by atoms with Gasteiger partial charge < -0.3 is 10.0 Å². The van der Waals surface area contributed by atoms with E-state index in [9.17, 15) is 9.90 Å². The molecule has 98 valence electrons. The van der Waals surface area contributed by atoms with Crippen molar-refractivity contribution in [3.8, 4) is 5.75 Å². The average Bonchev–Trinajstić information content (AvgIpc) is 2.34. The maximum absolute atomic E-state index is 12.0. The molecule has 0 saturated carbocycles. The van der Waals surface area contributed by atoms with Crippen LogP contribution in [0.1, 0.15) is 29.8 Å². The van der Waals surface area contributed by atoms with E-state index in [0.29, 0.717) is 5.56 Å². The van der Waals surface area contributed by atoms with Gasteiger partial charge in [-0.15, -0.1) is 0 Å². The molecule has 0 aromatic heterocycles. The SMILES string of the molecule is CCN(CC)CC=CC(=O)c1c(C)cccc1O. The molecule has 0 aliphatic rings. The van der Waals surface area contributed by atoms with Crippen molar-refractivity contribution in [2.24, 2.45) is 0 Å². The standard InChI is InChI=1S/C15H21NO2/c1-4-16(5-2)11-7-10-14(18)15-12(3)8-6-9-13(15)17/h6-10,17H,4-5,11H2,1-3H3. The summed E-state index contributed by atoms with van der Waals surface area (Å²) in [4.78, 5) is 14.2. The van der Waals surface area contributed by atoms with Crippen molar-refractivity contribution in [2.45, 2.75) is 20.8 Å². The summed E-state index contributed by atoms with van der Waals surface area (Å²) in [6.07, 6.45) is 3.39. The topological polar surface area (TPSA) is 40.5 Å². The maximum atomic E-state index is 12.0. The van der Waals surface area contributed by atoms with Crippen LogP contribution in [-0.2, 0) is 0 Å². The number of aryl methyl sites for hydroxylation is 1. The number of benzene rings is 1. The fourth-order valence-corrected chi connectivity index (χ4v) is 1.85. The van der Waals surface area contributed by atoms with E-state index in [1.54, 1.807) is 18.2 Å². The van der Waals surface area contributed by atoms with Crippen LogP contribution in [0.5, 0.6) is 5.75 Å². The summed E-state index contributed by atoms with van der Waals surface area (Å²) < 4.78 is 0. The minimum Gasteiger partial charge on any atom is -0.507 e. The predicted octanol–water partition coefficient (Wildman–Crippen LogP) is 2.78. The van der Waals surface area contributed by atoms with Gasteiger partial charge in [-0.2, -0.15) is 0 Å². The number of phenols is 1. The van der Waals surface area contributed by atoms with Gasteiger partial charge in [-0.1, -0.05) is 32.1 Å². The zero-order valence-corrected chi connectivity index (χ0v) is 11.3. The molecule has 3 nitrogen and oxygen atoms in total. The van der Waals surface area contributed by atoms with E-state index in [1.165, 1.54) is 0 Å². The molecule has 0 bridgehead atoms. The van der Waals surface area contributed by atoms with Crippen LogP contribution >= 0.6 is 0 Å². The van der Waals surface area contributed by atoms with E-state index < -0.39 is 0 Å². The highest BCUT2D eigenvalue weighted by molar-refractivity contribution is 6.07. The van der Waals surface area contributed by atoms with Crippen LogP contribution in [0.25, 0.3) is 0 Å². The Morgan fingerprint density at radius 1 is 1.33 bits per heavy atom. The Balaban J connectivity index is 2.74. The van der Waals surface area contributed by atoms with E-state index >= 15 is 0 Å². The summed E-state index contributed by atoms with van der Waals surface area (Å²) in [5.41, 5.74) is 1.20. The number of ketones is 1. The van der Waals surface area contributed by atoms with Gasteiger partial charge in [0.1, 0.15) is 5.75 Å². The maximum Gasteiger partial charge on any atom is 0.189 e. The minimum absolute atomic E-state index is 0.0486. The summed E-state index contributed by atoms with van der Waals surface area (Å²) in [7, 11) is 0. The molecule has 1 rings (SSSR count). The molecule has 18 heavy (non-hydrogen) atoms. The van der Waals surface area contributed by atoms with Crippen LogP contribution in [0, 0.1) is 6.92 Å². The third kappa shape index (κ3) is 3.70. The number of nitrogens with zero attached hydrogens (tertiary/aromatic N) is 1. The quantitative estimate of drug-likeness (QED) is 0.620. The number of aromatic hydroxyl groups is 1. The normalized spacial score (nSPS) is 11.3. The number of phenolic OH excluding ortho intramolecular Hbond substituents is 1. The van der Waals surface area contributed by atoms with E-state index in [1.807, 2.05) is 19.1 Å². The summed E-state index contributed by atoms with van der Waals surface area (Å²) in [6, 6.07) is 5.10. The Labute approximate surface area is 109 Å². The van der Waals surface area contributed by atoms with Gasteiger partial charge in [-0.3, -0.25) is 4.79 Å². The number of carbonyl (C=O) groups excluding carboxylic acids is 1. The fraction of sp³-hybridized carbons (Fsp3) is 0.400. The molecule has 0 amide bonds. The summed E-state index contributed by atoms with van der Waals surface area (Å²) in [6.45, 7) is 8.69. The zero-order chi connectivity index (χ0) is 13.5. The average molecular weight is 247 g/mol. The second-order valence-corrected chi connectivity index (χ2v) is 4.22. The molecule has 0 heterocycles. The van der Waals surface area contributed by atoms with Crippen molar-refractivity contribution >= 4 is 5.78 Å². The third-order valence-corrected chi connectivity index (χ3v) is 3.02. The van der Waals surface area contributed by atoms with Crippen molar-refractivity contribution < 1.29 is 9.90 Å². The van der Waals surface area contributed by atoms with Crippen molar-refractivity contribution in [1.82, 2.24) is 4.90 Å². The van der Waals surface area contributed by atoms with Crippen molar-refractivity contribution in [3.63, 3.8) is 0 Å². The van der Waals surface area contributed by atoms with E-state index in [0.717, 1.165) is 25.2 Å². The van der Waals surface area contributed by atoms with Crippen molar-refractivity contribution in [1.29, 1.82) is 0 Å². The highest BCUT2D eigenvalue weighted by Crippen LogP contribution is 2.21. The van der Waals surface area contributed by atoms with E-state index in [-0.39, 0.29) is 11.5 Å². The Kier molecular flexibility index (Phi) is 5.59.